The molecule has 118 valence electrons. The Labute approximate surface area is 127 Å². The molecule has 2 nitrogen and oxygen atoms in total. The summed E-state index contributed by atoms with van der Waals surface area (Å²) in [4.78, 5) is 0. The fourth-order valence-corrected chi connectivity index (χ4v) is 9.44. The lowest BCUT2D eigenvalue weighted by molar-refractivity contribution is 0.266. The Hall–Kier alpha value is -0.283. The molecule has 2 N–H and O–H groups in total. The molecule has 0 saturated heterocycles. The number of rotatable bonds is 6. The molecule has 0 radical (unpaired) electrons. The van der Waals surface area contributed by atoms with Crippen molar-refractivity contribution in [1.29, 1.82) is 0 Å². The summed E-state index contributed by atoms with van der Waals surface area (Å²) in [6, 6.07) is 0. The first-order chi connectivity index (χ1) is 9.25. The fraction of sp³-hybridized carbons (Fsp3) is 0.882. The van der Waals surface area contributed by atoms with E-state index in [4.69, 9.17) is 10.2 Å². The number of hydrogen-bond donors (Lipinski definition) is 1. The maximum atomic E-state index is 6.84. The minimum absolute atomic E-state index is 0.432. The van der Waals surface area contributed by atoms with Crippen molar-refractivity contribution in [3.8, 4) is 0 Å². The Bertz CT molecular complexity index is 314. The minimum Gasteiger partial charge on any atom is -0.546 e. The second-order valence-corrected chi connectivity index (χ2v) is 12.9. The van der Waals surface area contributed by atoms with Gasteiger partial charge in [0.15, 0.2) is 0 Å². The molecule has 0 bridgehead atoms. The van der Waals surface area contributed by atoms with Gasteiger partial charge in [-0.25, -0.2) is 0 Å². The van der Waals surface area contributed by atoms with E-state index in [1.165, 1.54) is 12.2 Å². The van der Waals surface area contributed by atoms with Gasteiger partial charge < -0.3 is 10.2 Å². The molecule has 1 aliphatic rings. The lowest BCUT2D eigenvalue weighted by atomic mass is 9.86. The summed E-state index contributed by atoms with van der Waals surface area (Å²) in [6.45, 7) is 17.1. The molecule has 0 aromatic heterocycles. The molecule has 0 fully saturated rings. The normalized spacial score (nSPS) is 24.4. The van der Waals surface area contributed by atoms with Crippen LogP contribution >= 0.6 is 0 Å². The van der Waals surface area contributed by atoms with E-state index in [-0.39, 0.29) is 0 Å². The number of nitrogens with two attached hydrogens (primary N) is 1. The van der Waals surface area contributed by atoms with Crippen LogP contribution in [0.1, 0.15) is 61.3 Å². The molecular formula is C17H35NOSi. The Morgan fingerprint density at radius 2 is 1.65 bits per heavy atom. The van der Waals surface area contributed by atoms with Crippen molar-refractivity contribution in [2.75, 3.05) is 6.54 Å². The standard InChI is InChI=1S/C17H35NOSi/c1-12(2)20(13(3)4,14(5)6)19-17-9-8-15(7)10-16(17)11-18/h9,12-16H,8,10-11,18H2,1-7H3/t15-,16+/m0/s1. The lowest BCUT2D eigenvalue weighted by Gasteiger charge is -2.45. The summed E-state index contributed by atoms with van der Waals surface area (Å²) in [5.41, 5.74) is 7.88. The maximum absolute atomic E-state index is 6.84. The van der Waals surface area contributed by atoms with Gasteiger partial charge in [-0.2, -0.15) is 0 Å². The van der Waals surface area contributed by atoms with Crippen LogP contribution in [-0.2, 0) is 4.43 Å². The van der Waals surface area contributed by atoms with Crippen molar-refractivity contribution >= 4 is 8.32 Å². The second-order valence-electron chi connectivity index (χ2n) is 7.54. The fourth-order valence-electron chi connectivity index (χ4n) is 4.08. The molecular weight excluding hydrogens is 262 g/mol. The smallest absolute Gasteiger partial charge is 0.258 e. The van der Waals surface area contributed by atoms with Crippen molar-refractivity contribution in [2.45, 2.75) is 77.9 Å². The first kappa shape index (κ1) is 17.8. The van der Waals surface area contributed by atoms with Crippen LogP contribution in [0.3, 0.4) is 0 Å². The van der Waals surface area contributed by atoms with Gasteiger partial charge >= 0.3 is 0 Å². The molecule has 1 rings (SSSR count). The van der Waals surface area contributed by atoms with Gasteiger partial charge in [0.1, 0.15) is 0 Å². The molecule has 1 aliphatic carbocycles. The summed E-state index contributed by atoms with van der Waals surface area (Å²) in [6.07, 6.45) is 4.66. The molecule has 0 aromatic carbocycles. The van der Waals surface area contributed by atoms with Gasteiger partial charge in [0.25, 0.3) is 8.32 Å². The van der Waals surface area contributed by atoms with E-state index in [1.54, 1.807) is 0 Å². The van der Waals surface area contributed by atoms with E-state index >= 15 is 0 Å². The first-order valence-electron chi connectivity index (χ1n) is 8.34. The summed E-state index contributed by atoms with van der Waals surface area (Å²) in [7, 11) is -1.82. The van der Waals surface area contributed by atoms with Crippen LogP contribution in [0.4, 0.5) is 0 Å². The topological polar surface area (TPSA) is 35.2 Å². The van der Waals surface area contributed by atoms with Crippen LogP contribution in [0.25, 0.3) is 0 Å². The largest absolute Gasteiger partial charge is 0.546 e. The van der Waals surface area contributed by atoms with Crippen LogP contribution in [0.2, 0.25) is 16.6 Å². The molecule has 0 heterocycles. The van der Waals surface area contributed by atoms with Gasteiger partial charge in [-0.1, -0.05) is 48.5 Å². The molecule has 0 aromatic rings. The average molecular weight is 298 g/mol. The van der Waals surface area contributed by atoms with Crippen molar-refractivity contribution < 1.29 is 4.43 Å². The Morgan fingerprint density at radius 3 is 2.05 bits per heavy atom. The third kappa shape index (κ3) is 3.48. The Morgan fingerprint density at radius 1 is 1.15 bits per heavy atom. The summed E-state index contributed by atoms with van der Waals surface area (Å²) in [5.74, 6) is 2.39. The van der Waals surface area contributed by atoms with E-state index in [0.29, 0.717) is 22.5 Å². The summed E-state index contributed by atoms with van der Waals surface area (Å²) < 4.78 is 6.84. The van der Waals surface area contributed by atoms with Crippen molar-refractivity contribution in [3.63, 3.8) is 0 Å². The van der Waals surface area contributed by atoms with E-state index in [9.17, 15) is 0 Å². The van der Waals surface area contributed by atoms with Crippen molar-refractivity contribution in [1.82, 2.24) is 0 Å². The van der Waals surface area contributed by atoms with Crippen molar-refractivity contribution in [2.24, 2.45) is 17.6 Å². The van der Waals surface area contributed by atoms with Gasteiger partial charge in [-0.3, -0.25) is 0 Å². The molecule has 3 heteroatoms. The van der Waals surface area contributed by atoms with Crippen LogP contribution in [-0.4, -0.2) is 14.9 Å². The Kier molecular flexibility index (Phi) is 6.33. The highest BCUT2D eigenvalue weighted by Crippen LogP contribution is 2.45. The SMILES string of the molecule is CC(C)[Si](OC1=CC[C@H](C)C[C@@H]1CN)(C(C)C)C(C)C. The van der Waals surface area contributed by atoms with E-state index < -0.39 is 8.32 Å². The number of hydrogen-bond acceptors (Lipinski definition) is 2. The third-order valence-electron chi connectivity index (χ3n) is 5.10. The second kappa shape index (κ2) is 7.12. The zero-order valence-electron chi connectivity index (χ0n) is 14.6. The van der Waals surface area contributed by atoms with E-state index in [1.807, 2.05) is 0 Å². The van der Waals surface area contributed by atoms with Gasteiger partial charge in [0, 0.05) is 12.5 Å². The third-order valence-corrected chi connectivity index (χ3v) is 11.1. The molecule has 20 heavy (non-hydrogen) atoms. The maximum Gasteiger partial charge on any atom is 0.258 e. The van der Waals surface area contributed by atoms with Crippen LogP contribution in [0.5, 0.6) is 0 Å². The molecule has 0 saturated carbocycles. The van der Waals surface area contributed by atoms with E-state index in [0.717, 1.165) is 18.9 Å². The summed E-state index contributed by atoms with van der Waals surface area (Å²) >= 11 is 0. The van der Waals surface area contributed by atoms with Crippen molar-refractivity contribution in [3.05, 3.63) is 11.8 Å². The predicted octanol–water partition coefficient (Wildman–Crippen LogP) is 5.07. The highest BCUT2D eigenvalue weighted by molar-refractivity contribution is 6.77. The molecule has 0 aliphatic heterocycles. The van der Waals surface area contributed by atoms with Crippen LogP contribution in [0.15, 0.2) is 11.8 Å². The van der Waals surface area contributed by atoms with Gasteiger partial charge in [-0.05, 0) is 41.5 Å². The minimum atomic E-state index is -1.82. The zero-order valence-corrected chi connectivity index (χ0v) is 15.6. The predicted molar refractivity (Wildman–Crippen MR) is 91.2 cm³/mol. The highest BCUT2D eigenvalue weighted by Gasteiger charge is 2.48. The summed E-state index contributed by atoms with van der Waals surface area (Å²) in [5, 5.41) is 0. The quantitative estimate of drug-likeness (QED) is 0.695. The van der Waals surface area contributed by atoms with Gasteiger partial charge in [0.2, 0.25) is 0 Å². The molecule has 2 atom stereocenters. The highest BCUT2D eigenvalue weighted by atomic mass is 28.4. The monoisotopic (exact) mass is 297 g/mol. The molecule has 0 unspecified atom stereocenters. The average Bonchev–Trinajstić information content (AvgIpc) is 2.35. The molecule has 0 amide bonds. The zero-order chi connectivity index (χ0) is 15.5. The molecule has 0 spiro atoms. The van der Waals surface area contributed by atoms with Gasteiger partial charge in [0.05, 0.1) is 5.76 Å². The van der Waals surface area contributed by atoms with E-state index in [2.05, 4.69) is 54.5 Å². The van der Waals surface area contributed by atoms with Gasteiger partial charge in [-0.15, -0.1) is 0 Å². The first-order valence-corrected chi connectivity index (χ1v) is 10.5. The van der Waals surface area contributed by atoms with Crippen LogP contribution < -0.4 is 5.73 Å². The lowest BCUT2D eigenvalue weighted by Crippen LogP contribution is -2.48. The van der Waals surface area contributed by atoms with Crippen LogP contribution in [0, 0.1) is 11.8 Å². The number of allylic oxidation sites excluding steroid dienone is 1. The Balaban J connectivity index is 3.06.